The van der Waals surface area contributed by atoms with E-state index in [1.807, 2.05) is 38.2 Å². The van der Waals surface area contributed by atoms with Crippen LogP contribution in [-0.2, 0) is 16.1 Å². The van der Waals surface area contributed by atoms with E-state index >= 15 is 0 Å². The Balaban J connectivity index is 1.39. The first-order valence-electron chi connectivity index (χ1n) is 10.8. The molecule has 1 saturated carbocycles. The van der Waals surface area contributed by atoms with E-state index in [0.29, 0.717) is 5.76 Å². The van der Waals surface area contributed by atoms with Gasteiger partial charge in [0.15, 0.2) is 5.76 Å². The van der Waals surface area contributed by atoms with Gasteiger partial charge in [0.25, 0.3) is 0 Å². The number of nitrogens with zero attached hydrogens (tertiary/aromatic N) is 2. The van der Waals surface area contributed by atoms with Crippen LogP contribution in [0.5, 0.6) is 5.75 Å². The average molecular weight is 415 g/mol. The van der Waals surface area contributed by atoms with Crippen LogP contribution in [0, 0.1) is 6.92 Å². The lowest BCUT2D eigenvalue weighted by Gasteiger charge is -2.23. The third kappa shape index (κ3) is 4.78. The molecule has 4 rings (SSSR count). The molecular formula is C23H30N2O5. The zero-order valence-corrected chi connectivity index (χ0v) is 17.8. The maximum absolute atomic E-state index is 12.4. The van der Waals surface area contributed by atoms with Crippen molar-refractivity contribution in [3.63, 3.8) is 0 Å². The van der Waals surface area contributed by atoms with Crippen LogP contribution >= 0.6 is 0 Å². The Hall–Kier alpha value is -2.54. The van der Waals surface area contributed by atoms with Crippen molar-refractivity contribution in [2.75, 3.05) is 20.3 Å². The van der Waals surface area contributed by atoms with Crippen LogP contribution < -0.4 is 4.74 Å². The first kappa shape index (κ1) is 20.7. The number of carbonyl (C=O) groups excluding carboxylic acids is 1. The van der Waals surface area contributed by atoms with E-state index in [4.69, 9.17) is 18.7 Å². The predicted octanol–water partition coefficient (Wildman–Crippen LogP) is 4.72. The van der Waals surface area contributed by atoms with Gasteiger partial charge in [0.05, 0.1) is 24.5 Å². The first-order valence-corrected chi connectivity index (χ1v) is 10.8. The fourth-order valence-electron chi connectivity index (χ4n) is 4.13. The van der Waals surface area contributed by atoms with Crippen LogP contribution in [-0.4, -0.2) is 48.6 Å². The van der Waals surface area contributed by atoms with E-state index in [2.05, 4.69) is 5.16 Å². The summed E-state index contributed by atoms with van der Waals surface area (Å²) in [6.45, 7) is 3.50. The lowest BCUT2D eigenvalue weighted by molar-refractivity contribution is 0.0256. The lowest BCUT2D eigenvalue weighted by atomic mass is 10.1. The summed E-state index contributed by atoms with van der Waals surface area (Å²) in [4.78, 5) is 14.2. The highest BCUT2D eigenvalue weighted by molar-refractivity contribution is 5.68. The summed E-state index contributed by atoms with van der Waals surface area (Å²) < 4.78 is 22.5. The van der Waals surface area contributed by atoms with Crippen molar-refractivity contribution in [3.05, 3.63) is 35.5 Å². The van der Waals surface area contributed by atoms with Gasteiger partial charge in [-0.15, -0.1) is 0 Å². The number of aryl methyl sites for hydroxylation is 1. The fraction of sp³-hybridized carbons (Fsp3) is 0.565. The van der Waals surface area contributed by atoms with Crippen molar-refractivity contribution in [2.45, 2.75) is 64.2 Å². The molecule has 0 spiro atoms. The monoisotopic (exact) mass is 414 g/mol. The summed E-state index contributed by atoms with van der Waals surface area (Å²) in [6, 6.07) is 8.05. The topological polar surface area (TPSA) is 74.0 Å². The summed E-state index contributed by atoms with van der Waals surface area (Å²) >= 11 is 0. The van der Waals surface area contributed by atoms with Crippen LogP contribution in [0.25, 0.3) is 11.3 Å². The third-order valence-corrected chi connectivity index (χ3v) is 6.07. The molecule has 1 aliphatic carbocycles. The number of rotatable bonds is 6. The molecule has 2 heterocycles. The first-order chi connectivity index (χ1) is 14.6. The zero-order valence-electron chi connectivity index (χ0n) is 17.8. The van der Waals surface area contributed by atoms with Gasteiger partial charge >= 0.3 is 6.09 Å². The molecule has 0 bridgehead atoms. The van der Waals surface area contributed by atoms with E-state index in [9.17, 15) is 4.79 Å². The van der Waals surface area contributed by atoms with E-state index in [1.54, 1.807) is 4.90 Å². The van der Waals surface area contributed by atoms with E-state index < -0.39 is 0 Å². The minimum Gasteiger partial charge on any atom is -0.490 e. The Morgan fingerprint density at radius 2 is 1.83 bits per heavy atom. The molecular weight excluding hydrogens is 384 g/mol. The van der Waals surface area contributed by atoms with Gasteiger partial charge in [0.1, 0.15) is 18.5 Å². The molecule has 2 fully saturated rings. The highest BCUT2D eigenvalue weighted by Crippen LogP contribution is 2.30. The summed E-state index contributed by atoms with van der Waals surface area (Å²) in [5.74, 6) is 1.45. The number of aromatic nitrogens is 1. The van der Waals surface area contributed by atoms with E-state index in [0.717, 1.165) is 61.5 Å². The molecule has 30 heavy (non-hydrogen) atoms. The maximum atomic E-state index is 12.4. The normalized spacial score (nSPS) is 17.8. The Labute approximate surface area is 177 Å². The number of amides is 1. The van der Waals surface area contributed by atoms with Gasteiger partial charge < -0.3 is 23.6 Å². The van der Waals surface area contributed by atoms with Crippen molar-refractivity contribution in [1.82, 2.24) is 10.1 Å². The molecule has 0 radical (unpaired) electrons. The molecule has 0 N–H and O–H groups in total. The second-order valence-corrected chi connectivity index (χ2v) is 8.13. The molecule has 0 atom stereocenters. The van der Waals surface area contributed by atoms with Crippen molar-refractivity contribution in [3.8, 4) is 17.1 Å². The lowest BCUT2D eigenvalue weighted by Crippen LogP contribution is -2.35. The molecule has 162 valence electrons. The van der Waals surface area contributed by atoms with Crippen LogP contribution in [0.1, 0.15) is 49.8 Å². The molecule has 7 heteroatoms. The largest absolute Gasteiger partial charge is 0.490 e. The standard InChI is InChI=1S/C23H30N2O5/c1-16-21(15-28-23(26)25(2)18-5-3-4-6-18)22(30-24-16)17-7-9-19(10-8-17)29-20-11-13-27-14-12-20/h7-10,18,20H,3-6,11-15H2,1-2H3. The Bertz CT molecular complexity index is 836. The number of carbonyl (C=O) groups is 1. The molecule has 2 aliphatic rings. The molecule has 1 aromatic heterocycles. The average Bonchev–Trinajstić information content (AvgIpc) is 3.43. The van der Waals surface area contributed by atoms with Crippen LogP contribution in [0.3, 0.4) is 0 Å². The second kappa shape index (κ2) is 9.51. The van der Waals surface area contributed by atoms with Crippen molar-refractivity contribution in [2.24, 2.45) is 0 Å². The minimum absolute atomic E-state index is 0.140. The molecule has 1 aliphatic heterocycles. The highest BCUT2D eigenvalue weighted by atomic mass is 16.6. The molecule has 7 nitrogen and oxygen atoms in total. The van der Waals surface area contributed by atoms with Crippen molar-refractivity contribution >= 4 is 6.09 Å². The summed E-state index contributed by atoms with van der Waals surface area (Å²) in [5.41, 5.74) is 2.40. The van der Waals surface area contributed by atoms with E-state index in [-0.39, 0.29) is 24.8 Å². The van der Waals surface area contributed by atoms with Gasteiger partial charge in [-0.2, -0.15) is 0 Å². The van der Waals surface area contributed by atoms with Gasteiger partial charge in [0.2, 0.25) is 0 Å². The summed E-state index contributed by atoms with van der Waals surface area (Å²) in [7, 11) is 1.82. The Morgan fingerprint density at radius 1 is 1.13 bits per heavy atom. The summed E-state index contributed by atoms with van der Waals surface area (Å²) in [5, 5.41) is 4.08. The molecule has 1 saturated heterocycles. The molecule has 2 aromatic rings. The van der Waals surface area contributed by atoms with Crippen LogP contribution in [0.15, 0.2) is 28.8 Å². The third-order valence-electron chi connectivity index (χ3n) is 6.07. The fourth-order valence-corrected chi connectivity index (χ4v) is 4.13. The second-order valence-electron chi connectivity index (χ2n) is 8.13. The predicted molar refractivity (Wildman–Crippen MR) is 111 cm³/mol. The zero-order chi connectivity index (χ0) is 20.9. The van der Waals surface area contributed by atoms with Crippen LogP contribution in [0.2, 0.25) is 0 Å². The molecule has 0 unspecified atom stereocenters. The van der Waals surface area contributed by atoms with Crippen molar-refractivity contribution in [1.29, 1.82) is 0 Å². The number of hydrogen-bond donors (Lipinski definition) is 0. The van der Waals surface area contributed by atoms with Gasteiger partial charge in [0, 0.05) is 31.5 Å². The van der Waals surface area contributed by atoms with E-state index in [1.165, 1.54) is 12.8 Å². The smallest absolute Gasteiger partial charge is 0.410 e. The van der Waals surface area contributed by atoms with Gasteiger partial charge in [-0.25, -0.2) is 4.79 Å². The molecule has 1 amide bonds. The molecule has 1 aromatic carbocycles. The van der Waals surface area contributed by atoms with Crippen molar-refractivity contribution < 1.29 is 23.5 Å². The highest BCUT2D eigenvalue weighted by Gasteiger charge is 2.25. The van der Waals surface area contributed by atoms with Gasteiger partial charge in [-0.1, -0.05) is 18.0 Å². The Kier molecular flexibility index (Phi) is 6.57. The summed E-state index contributed by atoms with van der Waals surface area (Å²) in [6.07, 6.45) is 6.16. The Morgan fingerprint density at radius 3 is 2.53 bits per heavy atom. The van der Waals surface area contributed by atoms with Gasteiger partial charge in [-0.3, -0.25) is 0 Å². The number of benzene rings is 1. The maximum Gasteiger partial charge on any atom is 0.410 e. The number of ether oxygens (including phenoxy) is 3. The van der Waals surface area contributed by atoms with Crippen LogP contribution in [0.4, 0.5) is 4.79 Å². The SMILES string of the molecule is Cc1noc(-c2ccc(OC3CCOCC3)cc2)c1COC(=O)N(C)C1CCCC1. The number of hydrogen-bond acceptors (Lipinski definition) is 6. The quantitative estimate of drug-likeness (QED) is 0.681. The van der Waals surface area contributed by atoms with Gasteiger partial charge in [-0.05, 0) is 44.0 Å². The minimum atomic E-state index is -0.298.